The second kappa shape index (κ2) is 11.5. The van der Waals surface area contributed by atoms with Crippen LogP contribution in [0.15, 0.2) is 35.3 Å². The van der Waals surface area contributed by atoms with Gasteiger partial charge in [-0.1, -0.05) is 36.7 Å². The number of aryl methyl sites for hydroxylation is 1. The summed E-state index contributed by atoms with van der Waals surface area (Å²) in [5.74, 6) is -1.89. The maximum Gasteiger partial charge on any atom is 0.344 e. The average Bonchev–Trinajstić information content (AvgIpc) is 3.30. The Hall–Kier alpha value is -4.46. The van der Waals surface area contributed by atoms with E-state index in [0.29, 0.717) is 9.81 Å². The Morgan fingerprint density at radius 1 is 1.00 bits per heavy atom. The van der Waals surface area contributed by atoms with E-state index in [1.54, 1.807) is 11.7 Å². The first kappa shape index (κ1) is 27.6. The fraction of sp³-hybridized carbons (Fsp3) is 0.360. The number of ether oxygens (including phenoxy) is 2. The number of hydrogen-bond acceptors (Lipinski definition) is 11. The first-order valence-corrected chi connectivity index (χ1v) is 12.8. The second-order valence-corrected chi connectivity index (χ2v) is 9.80. The highest BCUT2D eigenvalue weighted by atomic mass is 32.1. The molecule has 204 valence electrons. The van der Waals surface area contributed by atoms with Crippen LogP contribution in [0.2, 0.25) is 0 Å². The van der Waals surface area contributed by atoms with Gasteiger partial charge < -0.3 is 9.47 Å². The van der Waals surface area contributed by atoms with Crippen molar-refractivity contribution in [1.82, 2.24) is 9.78 Å². The molecule has 1 aromatic heterocycles. The molecule has 14 heteroatoms. The Bertz CT molecular complexity index is 1540. The van der Waals surface area contributed by atoms with Crippen molar-refractivity contribution in [3.63, 3.8) is 0 Å². The number of nitro groups is 2. The van der Waals surface area contributed by atoms with Crippen LogP contribution >= 0.6 is 11.3 Å². The summed E-state index contributed by atoms with van der Waals surface area (Å²) in [6.45, 7) is 0. The third-order valence-electron chi connectivity index (χ3n) is 6.46. The van der Waals surface area contributed by atoms with Gasteiger partial charge in [0.15, 0.2) is 0 Å². The van der Waals surface area contributed by atoms with E-state index < -0.39 is 33.2 Å². The highest BCUT2D eigenvalue weighted by Crippen LogP contribution is 2.43. The van der Waals surface area contributed by atoms with Gasteiger partial charge in [-0.2, -0.15) is 5.10 Å². The Morgan fingerprint density at radius 3 is 2.26 bits per heavy atom. The molecule has 0 saturated heterocycles. The van der Waals surface area contributed by atoms with Gasteiger partial charge in [-0.25, -0.2) is 14.3 Å². The van der Waals surface area contributed by atoms with Crippen LogP contribution in [-0.2, 0) is 16.5 Å². The van der Waals surface area contributed by atoms with Crippen LogP contribution in [-0.4, -0.2) is 51.8 Å². The number of carbonyl (C=O) groups excluding carboxylic acids is 2. The van der Waals surface area contributed by atoms with E-state index in [-0.39, 0.29) is 33.9 Å². The molecule has 1 aliphatic carbocycles. The Balaban J connectivity index is 2.01. The van der Waals surface area contributed by atoms with Crippen molar-refractivity contribution in [1.29, 1.82) is 0 Å². The summed E-state index contributed by atoms with van der Waals surface area (Å²) < 4.78 is 11.0. The van der Waals surface area contributed by atoms with E-state index in [4.69, 9.17) is 9.73 Å². The summed E-state index contributed by atoms with van der Waals surface area (Å²) >= 11 is 1.22. The summed E-state index contributed by atoms with van der Waals surface area (Å²) in [4.78, 5) is 52.7. The van der Waals surface area contributed by atoms with Crippen molar-refractivity contribution in [3.8, 4) is 21.7 Å². The lowest BCUT2D eigenvalue weighted by atomic mass is 9.93. The van der Waals surface area contributed by atoms with Gasteiger partial charge in [0.25, 0.3) is 11.4 Å². The Kier molecular flexibility index (Phi) is 8.14. The predicted octanol–water partition coefficient (Wildman–Crippen LogP) is 4.44. The number of nitrogens with zero attached hydrogens (tertiary/aromatic N) is 5. The van der Waals surface area contributed by atoms with Gasteiger partial charge in [-0.15, -0.1) is 0 Å². The molecule has 2 aromatic carbocycles. The molecule has 1 saturated carbocycles. The van der Waals surface area contributed by atoms with Crippen molar-refractivity contribution < 1.29 is 28.9 Å². The zero-order valence-corrected chi connectivity index (χ0v) is 22.2. The molecule has 0 atom stereocenters. The minimum atomic E-state index is -0.951. The molecule has 1 aliphatic rings. The lowest BCUT2D eigenvalue weighted by molar-refractivity contribution is -0.385. The van der Waals surface area contributed by atoms with Crippen LogP contribution in [0.25, 0.3) is 21.7 Å². The highest BCUT2D eigenvalue weighted by Gasteiger charge is 2.32. The summed E-state index contributed by atoms with van der Waals surface area (Å²) in [6, 6.07) is 6.43. The largest absolute Gasteiger partial charge is 0.465 e. The second-order valence-electron chi connectivity index (χ2n) is 8.85. The smallest absolute Gasteiger partial charge is 0.344 e. The summed E-state index contributed by atoms with van der Waals surface area (Å²) in [5.41, 5.74) is -1.67. The van der Waals surface area contributed by atoms with Crippen molar-refractivity contribution in [2.24, 2.45) is 12.0 Å². The summed E-state index contributed by atoms with van der Waals surface area (Å²) in [7, 11) is 3.89. The topological polar surface area (TPSA) is 169 Å². The molecule has 1 heterocycles. The first-order valence-electron chi connectivity index (χ1n) is 12.0. The number of benzene rings is 2. The quantitative estimate of drug-likeness (QED) is 0.232. The van der Waals surface area contributed by atoms with Crippen molar-refractivity contribution >= 4 is 34.7 Å². The van der Waals surface area contributed by atoms with Crippen LogP contribution in [0.1, 0.15) is 52.8 Å². The highest BCUT2D eigenvalue weighted by molar-refractivity contribution is 7.12. The molecule has 0 radical (unpaired) electrons. The first-order chi connectivity index (χ1) is 18.7. The van der Waals surface area contributed by atoms with Crippen molar-refractivity contribution in [2.75, 3.05) is 14.2 Å². The summed E-state index contributed by atoms with van der Waals surface area (Å²) in [5, 5.41) is 29.1. The van der Waals surface area contributed by atoms with Crippen molar-refractivity contribution in [3.05, 3.63) is 66.5 Å². The normalized spacial score (nSPS) is 14.2. The van der Waals surface area contributed by atoms with Gasteiger partial charge in [0.05, 0.1) is 35.7 Å². The van der Waals surface area contributed by atoms with Crippen molar-refractivity contribution in [2.45, 2.75) is 38.1 Å². The molecule has 0 unspecified atom stereocenters. The maximum atomic E-state index is 12.5. The van der Waals surface area contributed by atoms with E-state index >= 15 is 0 Å². The van der Waals surface area contributed by atoms with Crippen LogP contribution in [0.3, 0.4) is 0 Å². The van der Waals surface area contributed by atoms with E-state index in [1.807, 2.05) is 0 Å². The molecule has 0 N–H and O–H groups in total. The molecular weight excluding hydrogens is 530 g/mol. The third kappa shape index (κ3) is 5.55. The maximum absolute atomic E-state index is 12.5. The zero-order chi connectivity index (χ0) is 28.3. The fourth-order valence-electron chi connectivity index (χ4n) is 4.58. The SMILES string of the molecule is COC(=O)c1ccc(-c2c(-c3nn(C)c(=NC4CCCCC4)s3)ccc(C(=O)OC)c2[N+](=O)[O-])cc1[N+](=O)[O-]. The van der Waals surface area contributed by atoms with Crippen LogP contribution in [0.5, 0.6) is 0 Å². The fourth-order valence-corrected chi connectivity index (χ4v) is 5.57. The van der Waals surface area contributed by atoms with E-state index in [1.165, 1.54) is 36.0 Å². The van der Waals surface area contributed by atoms with Gasteiger partial charge in [0.2, 0.25) is 4.80 Å². The minimum absolute atomic E-state index is 0.0328. The monoisotopic (exact) mass is 555 g/mol. The summed E-state index contributed by atoms with van der Waals surface area (Å²) in [6.07, 6.45) is 5.29. The van der Waals surface area contributed by atoms with Crippen LogP contribution in [0, 0.1) is 20.2 Å². The van der Waals surface area contributed by atoms with E-state index in [0.717, 1.165) is 52.0 Å². The molecule has 0 bridgehead atoms. The van der Waals surface area contributed by atoms with E-state index in [9.17, 15) is 29.8 Å². The predicted molar refractivity (Wildman–Crippen MR) is 140 cm³/mol. The standard InChI is InChI=1S/C25H25N5O8S/c1-28-25(26-15-7-5-4-6-8-15)39-22(27-28)17-11-12-18(24(32)38-3)21(30(35)36)20(17)14-9-10-16(23(31)37-2)19(13-14)29(33)34/h9-13,15H,4-8H2,1-3H3. The van der Waals surface area contributed by atoms with E-state index in [2.05, 4.69) is 9.84 Å². The average molecular weight is 556 g/mol. The number of hydrogen-bond donors (Lipinski definition) is 0. The number of rotatable bonds is 7. The number of esters is 2. The molecule has 0 spiro atoms. The molecule has 4 rings (SSSR count). The van der Waals surface area contributed by atoms with Gasteiger partial charge in [-0.05, 0) is 36.6 Å². The molecule has 0 aliphatic heterocycles. The van der Waals surface area contributed by atoms with Gasteiger partial charge >= 0.3 is 11.9 Å². The van der Waals surface area contributed by atoms with Crippen LogP contribution in [0.4, 0.5) is 11.4 Å². The van der Waals surface area contributed by atoms with Gasteiger partial charge in [0.1, 0.15) is 16.1 Å². The van der Waals surface area contributed by atoms with Crippen LogP contribution < -0.4 is 4.80 Å². The lowest BCUT2D eigenvalue weighted by Crippen LogP contribution is -2.18. The minimum Gasteiger partial charge on any atom is -0.465 e. The lowest BCUT2D eigenvalue weighted by Gasteiger charge is -2.16. The van der Waals surface area contributed by atoms with Gasteiger partial charge in [-0.3, -0.25) is 25.2 Å². The third-order valence-corrected chi connectivity index (χ3v) is 7.51. The number of methoxy groups -OCH3 is 2. The molecule has 0 amide bonds. The molecule has 13 nitrogen and oxygen atoms in total. The molecule has 39 heavy (non-hydrogen) atoms. The number of nitro benzene ring substituents is 2. The zero-order valence-electron chi connectivity index (χ0n) is 21.4. The molecular formula is C25H25N5O8S. The number of carbonyl (C=O) groups is 2. The number of aromatic nitrogens is 2. The Labute approximate surface area is 226 Å². The Morgan fingerprint density at radius 2 is 1.64 bits per heavy atom. The molecule has 3 aromatic rings. The van der Waals surface area contributed by atoms with Gasteiger partial charge in [0, 0.05) is 18.7 Å². The molecule has 1 fully saturated rings.